The number of nitrogens with zero attached hydrogens (tertiary/aromatic N) is 3. The molecule has 3 rings (SSSR count). The van der Waals surface area contributed by atoms with E-state index in [-0.39, 0.29) is 0 Å². The Morgan fingerprint density at radius 3 is 2.04 bits per heavy atom. The van der Waals surface area contributed by atoms with Gasteiger partial charge in [-0.05, 0) is 72.8 Å². The Morgan fingerprint density at radius 2 is 1.58 bits per heavy atom. The Balaban J connectivity index is 1.84. The number of aromatic nitrogens is 4. The molecule has 0 atom stereocenters. The maximum absolute atomic E-state index is 4.44. The largest absolute Gasteiger partial charge is 0.329 e. The highest BCUT2D eigenvalue weighted by Crippen LogP contribution is 2.33. The summed E-state index contributed by atoms with van der Waals surface area (Å²) in [6, 6.07) is 0. The Kier molecular flexibility index (Phi) is 5.82. The van der Waals surface area contributed by atoms with Crippen molar-refractivity contribution in [2.24, 2.45) is 14.1 Å². The molecule has 3 aromatic rings. The van der Waals surface area contributed by atoms with E-state index in [1.165, 1.54) is 38.5 Å². The van der Waals surface area contributed by atoms with E-state index < -0.39 is 0 Å². The van der Waals surface area contributed by atoms with E-state index in [9.17, 15) is 0 Å². The predicted octanol–water partition coefficient (Wildman–Crippen LogP) is 4.39. The second kappa shape index (κ2) is 7.92. The zero-order valence-electron chi connectivity index (χ0n) is 16.4. The average Bonchev–Trinajstić information content (AvgIpc) is 3.21. The van der Waals surface area contributed by atoms with Crippen LogP contribution in [-0.2, 0) is 25.6 Å². The van der Waals surface area contributed by atoms with Crippen LogP contribution in [0.25, 0.3) is 0 Å². The third kappa shape index (κ3) is 3.71. The maximum Gasteiger partial charge on any atom is 0.315 e. The van der Waals surface area contributed by atoms with Crippen LogP contribution in [0.3, 0.4) is 0 Å². The zero-order valence-corrected chi connectivity index (χ0v) is 18.0. The van der Waals surface area contributed by atoms with Crippen molar-refractivity contribution in [3.05, 3.63) is 58.2 Å². The molecule has 0 saturated heterocycles. The van der Waals surface area contributed by atoms with Gasteiger partial charge < -0.3 is 4.57 Å². The van der Waals surface area contributed by atoms with Crippen LogP contribution in [0.5, 0.6) is 0 Å². The van der Waals surface area contributed by atoms with E-state index in [1.807, 2.05) is 49.2 Å². The van der Waals surface area contributed by atoms with Crippen LogP contribution in [0.2, 0.25) is 0 Å². The Bertz CT molecular complexity index is 820. The monoisotopic (exact) mass is 387 g/mol. The van der Waals surface area contributed by atoms with Gasteiger partial charge >= 0.3 is 5.16 Å². The number of aromatic amines is 1. The average molecular weight is 388 g/mol. The molecule has 1 N–H and O–H groups in total. The van der Waals surface area contributed by atoms with Crippen LogP contribution in [0.1, 0.15) is 33.4 Å². The third-order valence-corrected chi connectivity index (χ3v) is 7.43. The van der Waals surface area contributed by atoms with Gasteiger partial charge in [0.25, 0.3) is 0 Å². The van der Waals surface area contributed by atoms with Gasteiger partial charge in [0.05, 0.1) is 7.05 Å². The summed E-state index contributed by atoms with van der Waals surface area (Å²) in [7, 11) is 4.12. The topological polar surface area (TPSA) is 37.5 Å². The highest BCUT2D eigenvalue weighted by molar-refractivity contribution is 7.98. The molecule has 0 amide bonds. The number of benzene rings is 1. The predicted molar refractivity (Wildman–Crippen MR) is 110 cm³/mol. The van der Waals surface area contributed by atoms with Crippen molar-refractivity contribution in [3.8, 4) is 0 Å². The molecule has 0 aliphatic rings. The molecule has 0 unspecified atom stereocenters. The van der Waals surface area contributed by atoms with Crippen LogP contribution in [0, 0.1) is 27.7 Å². The lowest BCUT2D eigenvalue weighted by molar-refractivity contribution is -0.708. The van der Waals surface area contributed by atoms with E-state index >= 15 is 0 Å². The number of hydrogen-bond acceptors (Lipinski definition) is 3. The highest BCUT2D eigenvalue weighted by atomic mass is 32.2. The lowest BCUT2D eigenvalue weighted by Gasteiger charge is -2.20. The Hall–Kier alpha value is -1.66. The number of nitrogens with one attached hydrogen (secondary N) is 1. The SMILES string of the molecule is Cc1c(C)c(CSc2[nH]cc[n+]2C)c(C)c(C)c1CSc1nccn1C. The summed E-state index contributed by atoms with van der Waals surface area (Å²) < 4.78 is 4.21. The molecule has 1 aromatic carbocycles. The van der Waals surface area contributed by atoms with Crippen molar-refractivity contribution in [2.45, 2.75) is 49.5 Å². The minimum absolute atomic E-state index is 0.962. The molecule has 4 nitrogen and oxygen atoms in total. The second-order valence-electron chi connectivity index (χ2n) is 6.73. The summed E-state index contributed by atoms with van der Waals surface area (Å²) in [4.78, 5) is 7.75. The molecule has 0 aliphatic carbocycles. The molecule has 6 heteroatoms. The van der Waals surface area contributed by atoms with Gasteiger partial charge in [0, 0.05) is 30.9 Å². The van der Waals surface area contributed by atoms with Crippen molar-refractivity contribution in [2.75, 3.05) is 0 Å². The number of aryl methyl sites for hydroxylation is 2. The lowest BCUT2D eigenvalue weighted by atomic mass is 9.90. The molecular formula is C20H27N4S2+. The van der Waals surface area contributed by atoms with E-state index in [0.717, 1.165) is 16.7 Å². The first-order valence-corrected chi connectivity index (χ1v) is 10.7. The fraction of sp³-hybridized carbons (Fsp3) is 0.400. The standard InChI is InChI=1S/C20H26N4S2/c1-13-14(2)18(12-26-20-22-8-10-24(20)6)16(4)15(3)17(13)11-25-19-21-7-9-23(19)5/h7-10H,11-12H2,1-6H3/p+1. The zero-order chi connectivity index (χ0) is 18.8. The summed E-state index contributed by atoms with van der Waals surface area (Å²) >= 11 is 3.67. The van der Waals surface area contributed by atoms with Gasteiger partial charge in [-0.25, -0.2) is 14.5 Å². The normalized spacial score (nSPS) is 11.3. The maximum atomic E-state index is 4.44. The van der Waals surface area contributed by atoms with E-state index in [4.69, 9.17) is 0 Å². The molecule has 0 saturated carbocycles. The molecule has 2 heterocycles. The molecule has 0 aliphatic heterocycles. The van der Waals surface area contributed by atoms with Gasteiger partial charge in [0.2, 0.25) is 0 Å². The van der Waals surface area contributed by atoms with Crippen LogP contribution in [0.15, 0.2) is 35.1 Å². The summed E-state index contributed by atoms with van der Waals surface area (Å²) in [6.45, 7) is 9.06. The van der Waals surface area contributed by atoms with Gasteiger partial charge in [-0.15, -0.1) is 0 Å². The minimum Gasteiger partial charge on any atom is -0.329 e. The van der Waals surface area contributed by atoms with Crippen LogP contribution in [0.4, 0.5) is 0 Å². The molecular weight excluding hydrogens is 360 g/mol. The second-order valence-corrected chi connectivity index (χ2v) is 8.64. The molecule has 2 aromatic heterocycles. The van der Waals surface area contributed by atoms with Crippen molar-refractivity contribution >= 4 is 23.5 Å². The first-order chi connectivity index (χ1) is 12.4. The highest BCUT2D eigenvalue weighted by Gasteiger charge is 2.17. The summed E-state index contributed by atoms with van der Waals surface area (Å²) in [5.41, 5.74) is 8.59. The third-order valence-electron chi connectivity index (χ3n) is 5.24. The number of thioether (sulfide) groups is 2. The van der Waals surface area contributed by atoms with Crippen LogP contribution >= 0.6 is 23.5 Å². The number of imidazole rings is 2. The Labute approximate surface area is 164 Å². The molecule has 0 radical (unpaired) electrons. The lowest BCUT2D eigenvalue weighted by Crippen LogP contribution is -2.27. The number of hydrogen-bond donors (Lipinski definition) is 1. The Morgan fingerprint density at radius 1 is 1.00 bits per heavy atom. The molecule has 26 heavy (non-hydrogen) atoms. The van der Waals surface area contributed by atoms with E-state index in [2.05, 4.69) is 60.0 Å². The van der Waals surface area contributed by atoms with Gasteiger partial charge in [0.1, 0.15) is 12.4 Å². The van der Waals surface area contributed by atoms with Crippen molar-refractivity contribution in [1.29, 1.82) is 0 Å². The van der Waals surface area contributed by atoms with Gasteiger partial charge in [-0.1, -0.05) is 11.8 Å². The quantitative estimate of drug-likeness (QED) is 0.503. The van der Waals surface area contributed by atoms with E-state index in [1.54, 1.807) is 0 Å². The van der Waals surface area contributed by atoms with Crippen LogP contribution in [-0.4, -0.2) is 14.5 Å². The summed E-state index contributed by atoms with van der Waals surface area (Å²) in [5.74, 6) is 1.95. The van der Waals surface area contributed by atoms with Crippen molar-refractivity contribution < 1.29 is 4.57 Å². The van der Waals surface area contributed by atoms with Crippen molar-refractivity contribution in [3.63, 3.8) is 0 Å². The van der Waals surface area contributed by atoms with Crippen LogP contribution < -0.4 is 4.57 Å². The summed E-state index contributed by atoms with van der Waals surface area (Å²) in [5, 5.41) is 2.26. The molecule has 0 spiro atoms. The smallest absolute Gasteiger partial charge is 0.315 e. The fourth-order valence-corrected chi connectivity index (χ4v) is 5.44. The molecule has 138 valence electrons. The van der Waals surface area contributed by atoms with E-state index in [0.29, 0.717) is 0 Å². The number of H-pyrrole nitrogens is 1. The minimum atomic E-state index is 0.962. The first-order valence-electron chi connectivity index (χ1n) is 8.74. The van der Waals surface area contributed by atoms with Gasteiger partial charge in [-0.3, -0.25) is 0 Å². The summed E-state index contributed by atoms with van der Waals surface area (Å²) in [6.07, 6.45) is 7.89. The number of rotatable bonds is 6. The van der Waals surface area contributed by atoms with Crippen molar-refractivity contribution in [1.82, 2.24) is 14.5 Å². The first kappa shape index (κ1) is 19.1. The van der Waals surface area contributed by atoms with Gasteiger partial charge in [-0.2, -0.15) is 0 Å². The fourth-order valence-electron chi connectivity index (χ4n) is 3.20. The molecule has 0 bridgehead atoms. The molecule has 0 fully saturated rings. The van der Waals surface area contributed by atoms with Gasteiger partial charge in [0.15, 0.2) is 5.16 Å².